The van der Waals surface area contributed by atoms with Crippen LogP contribution in [-0.2, 0) is 11.3 Å². The summed E-state index contributed by atoms with van der Waals surface area (Å²) in [7, 11) is 0. The van der Waals surface area contributed by atoms with Crippen molar-refractivity contribution < 1.29 is 14.4 Å². The van der Waals surface area contributed by atoms with Crippen LogP contribution in [0.25, 0.3) is 16.7 Å². The van der Waals surface area contributed by atoms with E-state index in [1.165, 1.54) is 0 Å². The first-order chi connectivity index (χ1) is 11.7. The number of fused-ring (bicyclic) bond motifs is 3. The van der Waals surface area contributed by atoms with E-state index in [0.717, 1.165) is 67.3 Å². The zero-order valence-corrected chi connectivity index (χ0v) is 14.2. The number of ether oxygens (including phenoxy) is 1. The van der Waals surface area contributed by atoms with E-state index in [4.69, 9.17) is 4.74 Å². The van der Waals surface area contributed by atoms with Gasteiger partial charge in [-0.3, -0.25) is 4.79 Å². The Morgan fingerprint density at radius 1 is 1.25 bits per heavy atom. The van der Waals surface area contributed by atoms with Crippen molar-refractivity contribution in [3.05, 3.63) is 35.5 Å². The lowest BCUT2D eigenvalue weighted by Crippen LogP contribution is -3.14. The average molecular weight is 327 g/mol. The van der Waals surface area contributed by atoms with Crippen LogP contribution in [0.5, 0.6) is 0 Å². The van der Waals surface area contributed by atoms with Crippen LogP contribution in [0.2, 0.25) is 0 Å². The highest BCUT2D eigenvalue weighted by Gasteiger charge is 2.22. The molecule has 3 heterocycles. The van der Waals surface area contributed by atoms with Gasteiger partial charge in [0.05, 0.1) is 48.6 Å². The van der Waals surface area contributed by atoms with Gasteiger partial charge in [-0.05, 0) is 26.0 Å². The van der Waals surface area contributed by atoms with Crippen LogP contribution >= 0.6 is 0 Å². The Kier molecular flexibility index (Phi) is 3.86. The summed E-state index contributed by atoms with van der Waals surface area (Å²) < 4.78 is 9.63. The molecule has 1 fully saturated rings. The van der Waals surface area contributed by atoms with Crippen molar-refractivity contribution in [2.75, 3.05) is 32.8 Å². The van der Waals surface area contributed by atoms with E-state index in [9.17, 15) is 4.79 Å². The molecule has 1 aliphatic rings. The van der Waals surface area contributed by atoms with E-state index in [2.05, 4.69) is 21.8 Å². The Bertz CT molecular complexity index is 903. The van der Waals surface area contributed by atoms with Crippen LogP contribution in [0.3, 0.4) is 0 Å². The first-order valence-corrected chi connectivity index (χ1v) is 8.55. The van der Waals surface area contributed by atoms with Crippen molar-refractivity contribution in [1.82, 2.24) is 14.2 Å². The third kappa shape index (κ3) is 2.42. The maximum absolute atomic E-state index is 12.2. The fourth-order valence-electron chi connectivity index (χ4n) is 3.74. The molecule has 0 bridgehead atoms. The molecule has 24 heavy (non-hydrogen) atoms. The average Bonchev–Trinajstić information content (AvgIpc) is 3.07. The number of ketones is 1. The minimum atomic E-state index is 0.0743. The number of hydrogen-bond acceptors (Lipinski definition) is 3. The Balaban J connectivity index is 1.82. The van der Waals surface area contributed by atoms with Gasteiger partial charge in [-0.1, -0.05) is 12.1 Å². The predicted octanol–water partition coefficient (Wildman–Crippen LogP) is 0.715. The Hall–Kier alpha value is -2.18. The Morgan fingerprint density at radius 2 is 1.96 bits per heavy atom. The maximum atomic E-state index is 12.2. The molecule has 2 aromatic heterocycles. The van der Waals surface area contributed by atoms with E-state index >= 15 is 0 Å². The van der Waals surface area contributed by atoms with Crippen molar-refractivity contribution in [1.29, 1.82) is 0 Å². The number of aryl methyl sites for hydroxylation is 1. The monoisotopic (exact) mass is 327 g/mol. The number of quaternary nitrogens is 1. The van der Waals surface area contributed by atoms with E-state index in [1.807, 2.05) is 23.6 Å². The number of morpholine rings is 1. The highest BCUT2D eigenvalue weighted by atomic mass is 16.5. The lowest BCUT2D eigenvalue weighted by atomic mass is 10.2. The lowest BCUT2D eigenvalue weighted by molar-refractivity contribution is -0.908. The number of hydrogen-bond donors (Lipinski definition) is 1. The van der Waals surface area contributed by atoms with Gasteiger partial charge in [0.2, 0.25) is 0 Å². The summed E-state index contributed by atoms with van der Waals surface area (Å²) in [6.45, 7) is 9.20. The van der Waals surface area contributed by atoms with Crippen LogP contribution < -0.4 is 4.90 Å². The van der Waals surface area contributed by atoms with Crippen molar-refractivity contribution in [3.8, 4) is 0 Å². The van der Waals surface area contributed by atoms with Crippen LogP contribution in [0.15, 0.2) is 24.3 Å². The molecule has 0 unspecified atom stereocenters. The van der Waals surface area contributed by atoms with Gasteiger partial charge >= 0.3 is 0 Å². The highest BCUT2D eigenvalue weighted by molar-refractivity contribution is 6.03. The largest absolute Gasteiger partial charge is 0.370 e. The van der Waals surface area contributed by atoms with Crippen LogP contribution in [0.4, 0.5) is 0 Å². The molecule has 1 N–H and O–H groups in total. The second kappa shape index (κ2) is 6.03. The van der Waals surface area contributed by atoms with Gasteiger partial charge in [-0.15, -0.1) is 0 Å². The number of benzene rings is 1. The summed E-state index contributed by atoms with van der Waals surface area (Å²) in [5.41, 5.74) is 4.66. The number of aromatic nitrogens is 3. The number of imidazole rings is 1. The smallest absolute Gasteiger partial charge is 0.165 e. The summed E-state index contributed by atoms with van der Waals surface area (Å²) in [4.78, 5) is 13.7. The van der Waals surface area contributed by atoms with Gasteiger partial charge in [0.1, 0.15) is 18.7 Å². The number of carbonyl (C=O) groups is 1. The number of carbonyl (C=O) groups excluding carboxylic acids is 1. The zero-order chi connectivity index (χ0) is 16.7. The third-order valence-corrected chi connectivity index (χ3v) is 4.93. The van der Waals surface area contributed by atoms with Gasteiger partial charge in [0.25, 0.3) is 0 Å². The molecule has 6 heteroatoms. The third-order valence-electron chi connectivity index (χ3n) is 4.93. The molecule has 126 valence electrons. The van der Waals surface area contributed by atoms with Crippen molar-refractivity contribution >= 4 is 22.5 Å². The molecule has 1 aromatic carbocycles. The number of rotatable bonds is 4. The van der Waals surface area contributed by atoms with Gasteiger partial charge in [0, 0.05) is 0 Å². The molecule has 1 aliphatic heterocycles. The normalized spacial score (nSPS) is 16.2. The number of para-hydroxylation sites is 2. The summed E-state index contributed by atoms with van der Waals surface area (Å²) in [6, 6.07) is 8.23. The molecule has 6 nitrogen and oxygen atoms in total. The Labute approximate surface area is 140 Å². The molecule has 0 saturated carbocycles. The summed E-state index contributed by atoms with van der Waals surface area (Å²) in [5.74, 6) is 0.0743. The lowest BCUT2D eigenvalue weighted by Gasteiger charge is -2.24. The SMILES string of the molecule is CC(=O)c1c(C)nn2c3ccccc3n(CC[NH+]3CCOCC3)c12. The summed E-state index contributed by atoms with van der Waals surface area (Å²) in [5, 5.41) is 4.63. The van der Waals surface area contributed by atoms with E-state index in [1.54, 1.807) is 11.8 Å². The van der Waals surface area contributed by atoms with Crippen molar-refractivity contribution in [2.45, 2.75) is 20.4 Å². The van der Waals surface area contributed by atoms with Gasteiger partial charge < -0.3 is 14.2 Å². The van der Waals surface area contributed by atoms with Gasteiger partial charge in [-0.2, -0.15) is 5.10 Å². The van der Waals surface area contributed by atoms with Crippen LogP contribution in [-0.4, -0.2) is 52.8 Å². The van der Waals surface area contributed by atoms with E-state index in [-0.39, 0.29) is 5.78 Å². The molecular weight excluding hydrogens is 304 g/mol. The molecule has 0 aliphatic carbocycles. The minimum absolute atomic E-state index is 0.0743. The maximum Gasteiger partial charge on any atom is 0.165 e. The fraction of sp³-hybridized carbons (Fsp3) is 0.444. The number of Topliss-reactive ketones (excluding diaryl/α,β-unsaturated/α-hetero) is 1. The second-order valence-corrected chi connectivity index (χ2v) is 6.50. The zero-order valence-electron chi connectivity index (χ0n) is 14.2. The van der Waals surface area contributed by atoms with E-state index < -0.39 is 0 Å². The minimum Gasteiger partial charge on any atom is -0.370 e. The molecule has 4 rings (SSSR count). The number of nitrogens with zero attached hydrogens (tertiary/aromatic N) is 3. The van der Waals surface area contributed by atoms with Crippen molar-refractivity contribution in [2.24, 2.45) is 0 Å². The first-order valence-electron chi connectivity index (χ1n) is 8.55. The van der Waals surface area contributed by atoms with E-state index in [0.29, 0.717) is 0 Å². The second-order valence-electron chi connectivity index (χ2n) is 6.50. The highest BCUT2D eigenvalue weighted by Crippen LogP contribution is 2.25. The summed E-state index contributed by atoms with van der Waals surface area (Å²) >= 11 is 0. The summed E-state index contributed by atoms with van der Waals surface area (Å²) in [6.07, 6.45) is 0. The topological polar surface area (TPSA) is 53.0 Å². The van der Waals surface area contributed by atoms with Crippen molar-refractivity contribution in [3.63, 3.8) is 0 Å². The van der Waals surface area contributed by atoms with Crippen LogP contribution in [0.1, 0.15) is 23.0 Å². The van der Waals surface area contributed by atoms with Gasteiger partial charge in [0.15, 0.2) is 5.78 Å². The fourth-order valence-corrected chi connectivity index (χ4v) is 3.74. The number of nitrogens with one attached hydrogen (secondary N) is 1. The predicted molar refractivity (Wildman–Crippen MR) is 91.8 cm³/mol. The molecule has 0 atom stereocenters. The quantitative estimate of drug-likeness (QED) is 0.718. The molecule has 0 spiro atoms. The van der Waals surface area contributed by atoms with Crippen LogP contribution in [0, 0.1) is 6.92 Å². The molecule has 1 saturated heterocycles. The first kappa shape index (κ1) is 15.4. The Morgan fingerprint density at radius 3 is 2.67 bits per heavy atom. The molecule has 3 aromatic rings. The molecule has 0 radical (unpaired) electrons. The van der Waals surface area contributed by atoms with Gasteiger partial charge in [-0.25, -0.2) is 4.52 Å². The molecular formula is C18H23N4O2+. The molecule has 0 amide bonds. The standard InChI is InChI=1S/C18H22N4O2/c1-13-17(14(2)23)18-21(8-7-20-9-11-24-12-10-20)15-5-3-4-6-16(15)22(18)19-13/h3-6H,7-12H2,1-2H3/p+1.